The second-order valence-corrected chi connectivity index (χ2v) is 4.71. The van der Waals surface area contributed by atoms with E-state index in [2.05, 4.69) is 27.4 Å². The highest BCUT2D eigenvalue weighted by molar-refractivity contribution is 7.99. The van der Waals surface area contributed by atoms with E-state index in [1.54, 1.807) is 0 Å². The van der Waals surface area contributed by atoms with Crippen LogP contribution in [0.3, 0.4) is 0 Å². The third-order valence-corrected chi connectivity index (χ3v) is 3.08. The van der Waals surface area contributed by atoms with E-state index in [9.17, 15) is 4.79 Å². The third-order valence-electron chi connectivity index (χ3n) is 2.23. The normalized spacial score (nSPS) is 10.5. The summed E-state index contributed by atoms with van der Waals surface area (Å²) in [5.41, 5.74) is 0. The van der Waals surface area contributed by atoms with Crippen LogP contribution >= 0.6 is 11.8 Å². The molecule has 2 N–H and O–H groups in total. The molecule has 0 fully saturated rings. The number of carbonyl (C=O) groups is 1. The van der Waals surface area contributed by atoms with Crippen molar-refractivity contribution in [3.8, 4) is 0 Å². The Morgan fingerprint density at radius 3 is 2.94 bits per heavy atom. The Morgan fingerprint density at radius 1 is 1.41 bits per heavy atom. The first-order valence-electron chi connectivity index (χ1n) is 6.07. The molecule has 0 saturated carbocycles. The molecule has 0 aliphatic carbocycles. The van der Waals surface area contributed by atoms with Crippen LogP contribution in [0.25, 0.3) is 0 Å². The van der Waals surface area contributed by atoms with Gasteiger partial charge in [0.2, 0.25) is 11.1 Å². The van der Waals surface area contributed by atoms with Crippen molar-refractivity contribution in [1.82, 2.24) is 20.5 Å². The number of aryl methyl sites for hydroxylation is 1. The lowest BCUT2D eigenvalue weighted by Crippen LogP contribution is -2.24. The van der Waals surface area contributed by atoms with Crippen LogP contribution in [0.15, 0.2) is 5.16 Å². The first-order chi connectivity index (χ1) is 8.26. The van der Waals surface area contributed by atoms with Crippen LogP contribution in [-0.4, -0.2) is 33.4 Å². The average Bonchev–Trinajstić information content (AvgIpc) is 2.75. The zero-order valence-corrected chi connectivity index (χ0v) is 11.3. The summed E-state index contributed by atoms with van der Waals surface area (Å²) in [6.07, 6.45) is 4.48. The largest absolute Gasteiger partial charge is 0.356 e. The van der Waals surface area contributed by atoms with E-state index >= 15 is 0 Å². The summed E-state index contributed by atoms with van der Waals surface area (Å²) < 4.78 is 0. The Balaban J connectivity index is 2.27. The van der Waals surface area contributed by atoms with Gasteiger partial charge in [-0.2, -0.15) is 0 Å². The molecule has 0 bridgehead atoms. The molecule has 0 radical (unpaired) electrons. The standard InChI is InChI=1S/C11H20N4OS/c1-3-5-6-7-9-13-11(15-14-9)17-8-10(16)12-4-2/h3-8H2,1-2H3,(H,12,16)(H,13,14,15). The molecular weight excluding hydrogens is 236 g/mol. The van der Waals surface area contributed by atoms with Crippen molar-refractivity contribution in [3.05, 3.63) is 5.82 Å². The van der Waals surface area contributed by atoms with Crippen LogP contribution < -0.4 is 5.32 Å². The van der Waals surface area contributed by atoms with E-state index in [-0.39, 0.29) is 5.91 Å². The predicted molar refractivity (Wildman–Crippen MR) is 69.0 cm³/mol. The second-order valence-electron chi connectivity index (χ2n) is 3.76. The summed E-state index contributed by atoms with van der Waals surface area (Å²) in [5.74, 6) is 1.31. The van der Waals surface area contributed by atoms with Crippen LogP contribution in [0.1, 0.15) is 38.9 Å². The highest BCUT2D eigenvalue weighted by Gasteiger charge is 2.06. The molecule has 1 rings (SSSR count). The monoisotopic (exact) mass is 256 g/mol. The summed E-state index contributed by atoms with van der Waals surface area (Å²) in [6.45, 7) is 4.74. The van der Waals surface area contributed by atoms with Crippen LogP contribution in [0.2, 0.25) is 0 Å². The lowest BCUT2D eigenvalue weighted by molar-refractivity contribution is -0.118. The fraction of sp³-hybridized carbons (Fsp3) is 0.727. The van der Waals surface area contributed by atoms with Crippen LogP contribution in [0, 0.1) is 0 Å². The van der Waals surface area contributed by atoms with Crippen molar-refractivity contribution in [2.45, 2.75) is 44.7 Å². The minimum atomic E-state index is 0.0230. The zero-order chi connectivity index (χ0) is 12.5. The first kappa shape index (κ1) is 14.0. The van der Waals surface area contributed by atoms with Crippen molar-refractivity contribution in [2.75, 3.05) is 12.3 Å². The third kappa shape index (κ3) is 5.72. The van der Waals surface area contributed by atoms with E-state index < -0.39 is 0 Å². The molecule has 1 amide bonds. The minimum absolute atomic E-state index is 0.0230. The van der Waals surface area contributed by atoms with E-state index in [1.807, 2.05) is 6.92 Å². The maximum absolute atomic E-state index is 11.2. The molecule has 6 heteroatoms. The molecule has 0 aliphatic rings. The van der Waals surface area contributed by atoms with Crippen LogP contribution in [0.5, 0.6) is 0 Å². The maximum Gasteiger partial charge on any atom is 0.230 e. The SMILES string of the molecule is CCCCCc1nc(SCC(=O)NCC)n[nH]1. The van der Waals surface area contributed by atoms with E-state index in [1.165, 1.54) is 24.6 Å². The van der Waals surface area contributed by atoms with Crippen molar-refractivity contribution < 1.29 is 4.79 Å². The highest BCUT2D eigenvalue weighted by atomic mass is 32.2. The summed E-state index contributed by atoms with van der Waals surface area (Å²) in [5, 5.41) is 10.4. The van der Waals surface area contributed by atoms with Gasteiger partial charge in [0.15, 0.2) is 0 Å². The predicted octanol–water partition coefficient (Wildman–Crippen LogP) is 1.77. The van der Waals surface area contributed by atoms with Gasteiger partial charge >= 0.3 is 0 Å². The number of H-pyrrole nitrogens is 1. The molecule has 0 spiro atoms. The van der Waals surface area contributed by atoms with Gasteiger partial charge in [0.1, 0.15) is 5.82 Å². The summed E-state index contributed by atoms with van der Waals surface area (Å²) in [4.78, 5) is 15.6. The van der Waals surface area contributed by atoms with Gasteiger partial charge < -0.3 is 5.32 Å². The molecule has 0 atom stereocenters. The Bertz CT molecular complexity index is 340. The summed E-state index contributed by atoms with van der Waals surface area (Å²) in [6, 6.07) is 0. The smallest absolute Gasteiger partial charge is 0.230 e. The Hall–Kier alpha value is -1.04. The minimum Gasteiger partial charge on any atom is -0.356 e. The number of thioether (sulfide) groups is 1. The number of aromatic nitrogens is 3. The molecule has 0 unspecified atom stereocenters. The van der Waals surface area contributed by atoms with Crippen molar-refractivity contribution in [2.24, 2.45) is 0 Å². The van der Waals surface area contributed by atoms with E-state index in [4.69, 9.17) is 0 Å². The van der Waals surface area contributed by atoms with Gasteiger partial charge in [0.05, 0.1) is 5.75 Å². The second kappa shape index (κ2) is 8.11. The average molecular weight is 256 g/mol. The Kier molecular flexibility index (Phi) is 6.69. The topological polar surface area (TPSA) is 70.7 Å². The number of hydrogen-bond acceptors (Lipinski definition) is 4. The Labute approximate surface area is 106 Å². The van der Waals surface area contributed by atoms with Crippen molar-refractivity contribution in [1.29, 1.82) is 0 Å². The number of hydrogen-bond donors (Lipinski definition) is 2. The molecular formula is C11H20N4OS. The van der Waals surface area contributed by atoms with Gasteiger partial charge in [-0.25, -0.2) is 4.98 Å². The van der Waals surface area contributed by atoms with Gasteiger partial charge in [-0.05, 0) is 13.3 Å². The molecule has 0 saturated heterocycles. The van der Waals surface area contributed by atoms with Gasteiger partial charge in [-0.15, -0.1) is 5.10 Å². The quantitative estimate of drug-likeness (QED) is 0.549. The molecule has 0 aromatic carbocycles. The van der Waals surface area contributed by atoms with Gasteiger partial charge in [-0.1, -0.05) is 31.5 Å². The molecule has 1 aromatic heterocycles. The summed E-state index contributed by atoms with van der Waals surface area (Å²) in [7, 11) is 0. The fourth-order valence-corrected chi connectivity index (χ4v) is 2.02. The number of nitrogens with zero attached hydrogens (tertiary/aromatic N) is 2. The molecule has 1 heterocycles. The lowest BCUT2D eigenvalue weighted by Gasteiger charge is -1.98. The van der Waals surface area contributed by atoms with Crippen LogP contribution in [0.4, 0.5) is 0 Å². The summed E-state index contributed by atoms with van der Waals surface area (Å²) >= 11 is 1.36. The molecule has 1 aromatic rings. The zero-order valence-electron chi connectivity index (χ0n) is 10.5. The fourth-order valence-electron chi connectivity index (χ4n) is 1.37. The maximum atomic E-state index is 11.2. The Morgan fingerprint density at radius 2 is 2.24 bits per heavy atom. The molecule has 96 valence electrons. The number of nitrogens with one attached hydrogen (secondary N) is 2. The number of aromatic amines is 1. The molecule has 5 nitrogen and oxygen atoms in total. The number of unbranched alkanes of at least 4 members (excludes halogenated alkanes) is 2. The van der Waals surface area contributed by atoms with E-state index in [0.29, 0.717) is 17.5 Å². The number of carbonyl (C=O) groups excluding carboxylic acids is 1. The number of amides is 1. The van der Waals surface area contributed by atoms with Gasteiger partial charge in [0, 0.05) is 13.0 Å². The van der Waals surface area contributed by atoms with Crippen molar-refractivity contribution in [3.63, 3.8) is 0 Å². The number of rotatable bonds is 8. The van der Waals surface area contributed by atoms with Crippen LogP contribution in [-0.2, 0) is 11.2 Å². The first-order valence-corrected chi connectivity index (χ1v) is 7.05. The van der Waals surface area contributed by atoms with Gasteiger partial charge in [0.25, 0.3) is 0 Å². The van der Waals surface area contributed by atoms with E-state index in [0.717, 1.165) is 18.7 Å². The molecule has 17 heavy (non-hydrogen) atoms. The lowest BCUT2D eigenvalue weighted by atomic mass is 10.2. The van der Waals surface area contributed by atoms with Gasteiger partial charge in [-0.3, -0.25) is 9.89 Å². The highest BCUT2D eigenvalue weighted by Crippen LogP contribution is 2.12. The molecule has 0 aliphatic heterocycles. The van der Waals surface area contributed by atoms with Crippen molar-refractivity contribution >= 4 is 17.7 Å².